The minimum atomic E-state index is -1.01. The van der Waals surface area contributed by atoms with Crippen LogP contribution in [0, 0.1) is 11.6 Å². The molecule has 0 saturated carbocycles. The third-order valence-electron chi connectivity index (χ3n) is 3.89. The normalized spacial score (nSPS) is 10.4. The van der Waals surface area contributed by atoms with Crippen molar-refractivity contribution in [3.8, 4) is 5.75 Å². The van der Waals surface area contributed by atoms with Crippen molar-refractivity contribution in [1.29, 1.82) is 0 Å². The van der Waals surface area contributed by atoms with E-state index in [0.29, 0.717) is 11.4 Å². The second-order valence-corrected chi connectivity index (χ2v) is 5.87. The molecule has 5 nitrogen and oxygen atoms in total. The predicted octanol–water partition coefficient (Wildman–Crippen LogP) is 4.49. The lowest BCUT2D eigenvalue weighted by Gasteiger charge is -2.10. The molecule has 0 fully saturated rings. The van der Waals surface area contributed by atoms with Gasteiger partial charge in [0.15, 0.2) is 0 Å². The van der Waals surface area contributed by atoms with Crippen LogP contribution >= 0.6 is 0 Å². The summed E-state index contributed by atoms with van der Waals surface area (Å²) in [4.78, 5) is 23.0. The summed E-state index contributed by atoms with van der Waals surface area (Å²) in [5.74, 6) is -3.39. The van der Waals surface area contributed by atoms with Crippen molar-refractivity contribution in [2.75, 3.05) is 5.32 Å². The molecule has 7 heteroatoms. The third-order valence-corrected chi connectivity index (χ3v) is 3.89. The van der Waals surface area contributed by atoms with E-state index in [0.717, 1.165) is 17.7 Å². The van der Waals surface area contributed by atoms with E-state index in [1.165, 1.54) is 24.3 Å². The molecular weight excluding hydrogens is 368 g/mol. The topological polar surface area (TPSA) is 75.6 Å². The Morgan fingerprint density at radius 2 is 1.57 bits per heavy atom. The molecular formula is C21H15F2NO4. The van der Waals surface area contributed by atoms with Gasteiger partial charge >= 0.3 is 5.97 Å². The number of ether oxygens (including phenoxy) is 1. The number of carbonyl (C=O) groups is 2. The Hall–Kier alpha value is -3.74. The van der Waals surface area contributed by atoms with Gasteiger partial charge in [0.2, 0.25) is 0 Å². The van der Waals surface area contributed by atoms with Gasteiger partial charge in [0.05, 0.1) is 5.56 Å². The van der Waals surface area contributed by atoms with Gasteiger partial charge in [-0.1, -0.05) is 24.3 Å². The van der Waals surface area contributed by atoms with Gasteiger partial charge in [-0.3, -0.25) is 4.79 Å². The molecule has 3 aromatic rings. The zero-order valence-corrected chi connectivity index (χ0v) is 14.5. The summed E-state index contributed by atoms with van der Waals surface area (Å²) < 4.78 is 33.0. The van der Waals surface area contributed by atoms with Crippen LogP contribution in [0.2, 0.25) is 0 Å². The predicted molar refractivity (Wildman–Crippen MR) is 98.5 cm³/mol. The zero-order chi connectivity index (χ0) is 20.1. The highest BCUT2D eigenvalue weighted by Gasteiger charge is 2.17. The fourth-order valence-corrected chi connectivity index (χ4v) is 2.48. The summed E-state index contributed by atoms with van der Waals surface area (Å²) in [7, 11) is 0. The van der Waals surface area contributed by atoms with Gasteiger partial charge in [-0.15, -0.1) is 0 Å². The fraction of sp³-hybridized carbons (Fsp3) is 0.0476. The summed E-state index contributed by atoms with van der Waals surface area (Å²) in [5, 5.41) is 11.3. The van der Waals surface area contributed by atoms with Crippen molar-refractivity contribution in [3.05, 3.63) is 95.1 Å². The van der Waals surface area contributed by atoms with E-state index < -0.39 is 29.1 Å². The molecule has 0 aromatic heterocycles. The largest absolute Gasteiger partial charge is 0.489 e. The Bertz CT molecular complexity index is 999. The molecule has 142 valence electrons. The van der Waals surface area contributed by atoms with Gasteiger partial charge in [-0.25, -0.2) is 13.6 Å². The van der Waals surface area contributed by atoms with E-state index in [2.05, 4.69) is 5.32 Å². The third kappa shape index (κ3) is 4.50. The van der Waals surface area contributed by atoms with E-state index in [4.69, 9.17) is 9.84 Å². The maximum Gasteiger partial charge on any atom is 0.335 e. The average Bonchev–Trinajstić information content (AvgIpc) is 2.67. The van der Waals surface area contributed by atoms with Crippen molar-refractivity contribution >= 4 is 17.6 Å². The molecule has 0 heterocycles. The number of carboxylic acids is 1. The number of halogens is 2. The standard InChI is InChI=1S/C21H15F2NO4/c22-17-5-2-6-18(23)19(17)20(25)24-15-3-1-4-16(11-15)28-12-13-7-9-14(10-8-13)21(26)27/h1-11H,12H2,(H,24,25)(H,26,27). The monoisotopic (exact) mass is 383 g/mol. The summed E-state index contributed by atoms with van der Waals surface area (Å²) in [6.45, 7) is 0.180. The smallest absolute Gasteiger partial charge is 0.335 e. The Balaban J connectivity index is 1.67. The maximum atomic E-state index is 13.7. The molecule has 0 unspecified atom stereocenters. The van der Waals surface area contributed by atoms with Crippen molar-refractivity contribution < 1.29 is 28.2 Å². The summed E-state index contributed by atoms with van der Waals surface area (Å²) in [6.07, 6.45) is 0. The number of amides is 1. The van der Waals surface area contributed by atoms with Crippen LogP contribution in [0.3, 0.4) is 0 Å². The number of nitrogens with one attached hydrogen (secondary N) is 1. The summed E-state index contributed by atoms with van der Waals surface area (Å²) in [5.41, 5.74) is 0.584. The lowest BCUT2D eigenvalue weighted by atomic mass is 10.1. The molecule has 1 amide bonds. The molecule has 3 rings (SSSR count). The van der Waals surface area contributed by atoms with E-state index >= 15 is 0 Å². The molecule has 0 spiro atoms. The van der Waals surface area contributed by atoms with Gasteiger partial charge < -0.3 is 15.2 Å². The van der Waals surface area contributed by atoms with Gasteiger partial charge in [0.1, 0.15) is 29.6 Å². The number of aromatic carboxylic acids is 1. The highest BCUT2D eigenvalue weighted by Crippen LogP contribution is 2.21. The lowest BCUT2D eigenvalue weighted by molar-refractivity contribution is 0.0696. The number of anilines is 1. The minimum absolute atomic E-state index is 0.175. The Morgan fingerprint density at radius 1 is 0.929 bits per heavy atom. The Morgan fingerprint density at radius 3 is 2.21 bits per heavy atom. The second kappa shape index (κ2) is 8.30. The van der Waals surface area contributed by atoms with Gasteiger partial charge in [0.25, 0.3) is 5.91 Å². The van der Waals surface area contributed by atoms with Crippen molar-refractivity contribution in [1.82, 2.24) is 0 Å². The lowest BCUT2D eigenvalue weighted by Crippen LogP contribution is -2.15. The zero-order valence-electron chi connectivity index (χ0n) is 14.5. The van der Waals surface area contributed by atoms with E-state index in [1.807, 2.05) is 0 Å². The highest BCUT2D eigenvalue weighted by molar-refractivity contribution is 6.04. The molecule has 3 aromatic carbocycles. The van der Waals surface area contributed by atoms with Crippen LogP contribution in [0.5, 0.6) is 5.75 Å². The molecule has 0 aliphatic rings. The SMILES string of the molecule is O=C(O)c1ccc(COc2cccc(NC(=O)c3c(F)cccc3F)c2)cc1. The molecule has 0 radical (unpaired) electrons. The first kappa shape index (κ1) is 19.0. The average molecular weight is 383 g/mol. The van der Waals surface area contributed by atoms with Crippen molar-refractivity contribution in [2.45, 2.75) is 6.61 Å². The van der Waals surface area contributed by atoms with Crippen LogP contribution in [0.25, 0.3) is 0 Å². The first-order valence-electron chi connectivity index (χ1n) is 8.24. The van der Waals surface area contributed by atoms with Crippen LogP contribution in [0.4, 0.5) is 14.5 Å². The van der Waals surface area contributed by atoms with Crippen LogP contribution in [0.1, 0.15) is 26.3 Å². The van der Waals surface area contributed by atoms with Crippen LogP contribution in [-0.2, 0) is 6.61 Å². The van der Waals surface area contributed by atoms with Crippen LogP contribution < -0.4 is 10.1 Å². The summed E-state index contributed by atoms with van der Waals surface area (Å²) in [6, 6.07) is 15.8. The van der Waals surface area contributed by atoms with E-state index in [1.54, 1.807) is 30.3 Å². The molecule has 0 atom stereocenters. The van der Waals surface area contributed by atoms with Crippen molar-refractivity contribution in [2.24, 2.45) is 0 Å². The molecule has 0 bridgehead atoms. The Kier molecular flexibility index (Phi) is 5.64. The number of rotatable bonds is 6. The summed E-state index contributed by atoms with van der Waals surface area (Å²) >= 11 is 0. The Labute approximate surface area is 159 Å². The van der Waals surface area contributed by atoms with Gasteiger partial charge in [-0.05, 0) is 42.0 Å². The first-order valence-corrected chi connectivity index (χ1v) is 8.24. The van der Waals surface area contributed by atoms with E-state index in [9.17, 15) is 18.4 Å². The maximum absolute atomic E-state index is 13.7. The highest BCUT2D eigenvalue weighted by atomic mass is 19.1. The molecule has 2 N–H and O–H groups in total. The van der Waals surface area contributed by atoms with Crippen molar-refractivity contribution in [3.63, 3.8) is 0 Å². The molecule has 0 saturated heterocycles. The quantitative estimate of drug-likeness (QED) is 0.657. The number of carboxylic acid groups (broad SMARTS) is 1. The number of carbonyl (C=O) groups excluding carboxylic acids is 1. The first-order chi connectivity index (χ1) is 13.4. The number of hydrogen-bond acceptors (Lipinski definition) is 3. The fourth-order valence-electron chi connectivity index (χ4n) is 2.48. The van der Waals surface area contributed by atoms with E-state index in [-0.39, 0.29) is 12.2 Å². The minimum Gasteiger partial charge on any atom is -0.489 e. The van der Waals surface area contributed by atoms with Crippen LogP contribution in [-0.4, -0.2) is 17.0 Å². The molecule has 0 aliphatic heterocycles. The second-order valence-electron chi connectivity index (χ2n) is 5.87. The van der Waals surface area contributed by atoms with Gasteiger partial charge in [0, 0.05) is 11.8 Å². The number of benzene rings is 3. The number of hydrogen-bond donors (Lipinski definition) is 2. The molecule has 0 aliphatic carbocycles. The van der Waals surface area contributed by atoms with Gasteiger partial charge in [-0.2, -0.15) is 0 Å². The molecule has 28 heavy (non-hydrogen) atoms. The van der Waals surface area contributed by atoms with Crippen LogP contribution in [0.15, 0.2) is 66.7 Å².